The SMILES string of the molecule is C[C@@]1(CC(=O)O)C2=CC3=N[C@@](C)([C@@H]4N=C(CC5=N[C@@](C)(CC(=C1CCC(=O)O)[N-]2)C(CC(=O)O)=C5CCC(=O)O)[C@](C)(CCC(=O)O)[C@H]4CC(=O)O)[C@@](C)(CC(=O)O)[C@@H]3CCC(=O)O.[Co+2]. The molecule has 5 heterocycles. The quantitative estimate of drug-likeness (QED) is 0.0751. The van der Waals surface area contributed by atoms with E-state index >= 15 is 0 Å². The minimum Gasteiger partial charge on any atom is -0.664 e. The number of allylic oxidation sites excluding steroid dienone is 3. The van der Waals surface area contributed by atoms with Crippen LogP contribution < -0.4 is 0 Å². The molecule has 8 atom stereocenters. The molecule has 5 aliphatic heterocycles. The van der Waals surface area contributed by atoms with Crippen LogP contribution in [0.2, 0.25) is 0 Å². The smallest absolute Gasteiger partial charge is 0.664 e. The van der Waals surface area contributed by atoms with Crippen LogP contribution in [-0.2, 0) is 55.1 Å². The molecule has 355 valence electrons. The second-order valence-corrected chi connectivity index (χ2v) is 18.7. The topological polar surface area (TPSA) is 350 Å². The molecular weight excluding hydrogens is 899 g/mol. The Balaban J connectivity index is 0.00000925. The van der Waals surface area contributed by atoms with Crippen LogP contribution in [0.1, 0.15) is 125 Å². The third-order valence-electron chi connectivity index (χ3n) is 14.5. The average Bonchev–Trinajstić information content (AvgIpc) is 3.72. The van der Waals surface area contributed by atoms with Crippen LogP contribution in [0.4, 0.5) is 0 Å². The van der Waals surface area contributed by atoms with Gasteiger partial charge in [-0.15, -0.1) is 5.70 Å². The van der Waals surface area contributed by atoms with Gasteiger partial charge in [0, 0.05) is 77.3 Å². The summed E-state index contributed by atoms with van der Waals surface area (Å²) in [6.07, 6.45) is -4.20. The van der Waals surface area contributed by atoms with Crippen molar-refractivity contribution in [3.63, 3.8) is 0 Å². The fourth-order valence-corrected chi connectivity index (χ4v) is 11.1. The maximum atomic E-state index is 13.0. The number of aliphatic carboxylic acids is 8. The first-order chi connectivity index (χ1) is 29.6. The van der Waals surface area contributed by atoms with E-state index in [1.165, 1.54) is 6.08 Å². The summed E-state index contributed by atoms with van der Waals surface area (Å²) >= 11 is 0. The number of carboxylic acid groups (broad SMARTS) is 8. The van der Waals surface area contributed by atoms with Gasteiger partial charge in [-0.2, -0.15) is 5.70 Å². The van der Waals surface area contributed by atoms with Crippen LogP contribution in [0.25, 0.3) is 5.32 Å². The molecule has 21 heteroatoms. The normalized spacial score (nSPS) is 31.3. The second kappa shape index (κ2) is 19.0. The average molecular weight is 955 g/mol. The Hall–Kier alpha value is -5.70. The van der Waals surface area contributed by atoms with Gasteiger partial charge < -0.3 is 46.2 Å². The predicted molar refractivity (Wildman–Crippen MR) is 225 cm³/mol. The number of hydrogen-bond acceptors (Lipinski definition) is 11. The summed E-state index contributed by atoms with van der Waals surface area (Å²) < 4.78 is 0. The predicted octanol–water partition coefficient (Wildman–Crippen LogP) is 5.46. The molecule has 8 bridgehead atoms. The zero-order valence-corrected chi connectivity index (χ0v) is 37.7. The van der Waals surface area contributed by atoms with E-state index in [0.717, 1.165) is 0 Å². The molecule has 5 rings (SSSR count). The Labute approximate surface area is 384 Å². The summed E-state index contributed by atoms with van der Waals surface area (Å²) in [5.74, 6) is -12.2. The molecule has 8 N–H and O–H groups in total. The molecule has 0 aromatic carbocycles. The van der Waals surface area contributed by atoms with Gasteiger partial charge in [-0.3, -0.25) is 53.3 Å². The maximum Gasteiger partial charge on any atom is 2.00 e. The molecule has 0 saturated carbocycles. The zero-order chi connectivity index (χ0) is 47.9. The Bertz CT molecular complexity index is 2280. The van der Waals surface area contributed by atoms with Crippen molar-refractivity contribution in [1.29, 1.82) is 0 Å². The van der Waals surface area contributed by atoms with Gasteiger partial charge in [0.1, 0.15) is 0 Å². The number of aliphatic imine (C=N–C) groups is 3. The second-order valence-electron chi connectivity index (χ2n) is 18.7. The first-order valence-electron chi connectivity index (χ1n) is 21.0. The van der Waals surface area contributed by atoms with Crippen molar-refractivity contribution in [3.05, 3.63) is 39.5 Å². The number of rotatable bonds is 20. The number of carboxylic acids is 8. The van der Waals surface area contributed by atoms with Crippen LogP contribution in [0.3, 0.4) is 0 Å². The summed E-state index contributed by atoms with van der Waals surface area (Å²) in [6.45, 7) is 7.98. The molecule has 65 heavy (non-hydrogen) atoms. The molecule has 0 aromatic rings. The number of carbonyl (C=O) groups is 8. The van der Waals surface area contributed by atoms with Crippen molar-refractivity contribution in [2.24, 2.45) is 43.1 Å². The third kappa shape index (κ3) is 10.1. The molecule has 0 fully saturated rings. The van der Waals surface area contributed by atoms with Crippen molar-refractivity contribution >= 4 is 64.9 Å². The molecule has 0 spiro atoms. The van der Waals surface area contributed by atoms with Crippen molar-refractivity contribution < 1.29 is 96.0 Å². The zero-order valence-electron chi connectivity index (χ0n) is 36.7. The minimum absolute atomic E-state index is 0. The van der Waals surface area contributed by atoms with E-state index in [0.29, 0.717) is 0 Å². The van der Waals surface area contributed by atoms with Gasteiger partial charge in [-0.1, -0.05) is 32.4 Å². The van der Waals surface area contributed by atoms with Gasteiger partial charge in [-0.05, 0) is 57.1 Å². The van der Waals surface area contributed by atoms with E-state index in [2.05, 4.69) is 0 Å². The van der Waals surface area contributed by atoms with E-state index in [1.54, 1.807) is 34.6 Å². The summed E-state index contributed by atoms with van der Waals surface area (Å²) in [6, 6.07) is -1.22. The molecule has 1 radical (unpaired) electrons. The van der Waals surface area contributed by atoms with Crippen LogP contribution in [0.15, 0.2) is 49.2 Å². The summed E-state index contributed by atoms with van der Waals surface area (Å²) in [5, 5.41) is 86.3. The van der Waals surface area contributed by atoms with E-state index < -0.39 is 144 Å². The molecule has 0 saturated heterocycles. The van der Waals surface area contributed by atoms with Gasteiger partial charge >= 0.3 is 64.5 Å². The summed E-state index contributed by atoms with van der Waals surface area (Å²) in [7, 11) is 0. The summed E-state index contributed by atoms with van der Waals surface area (Å²) in [4.78, 5) is 115. The van der Waals surface area contributed by atoms with Crippen LogP contribution in [0.5, 0.6) is 0 Å². The first kappa shape index (κ1) is 51.9. The molecular formula is C44H55CoN4O16+. The fourth-order valence-electron chi connectivity index (χ4n) is 11.1. The van der Waals surface area contributed by atoms with Crippen LogP contribution >= 0.6 is 0 Å². The maximum absolute atomic E-state index is 13.0. The van der Waals surface area contributed by atoms with E-state index in [4.69, 9.17) is 20.3 Å². The van der Waals surface area contributed by atoms with E-state index in [1.807, 2.05) is 0 Å². The molecule has 20 nitrogen and oxygen atoms in total. The molecule has 0 unspecified atom stereocenters. The number of nitrogens with zero attached hydrogens (tertiary/aromatic N) is 4. The van der Waals surface area contributed by atoms with Crippen molar-refractivity contribution in [2.75, 3.05) is 0 Å². The number of fused-ring (bicyclic) bond motifs is 6. The Morgan fingerprint density at radius 2 is 1.28 bits per heavy atom. The molecule has 0 aromatic heterocycles. The Morgan fingerprint density at radius 1 is 0.692 bits per heavy atom. The standard InChI is InChI=1S/C44H56N4O16.Co/c1-40(13-12-34(55)56)25(15-36(59)60)39-44(5)42(3,20-38(63)64)23(8-11-33(53)54)27(48-44)17-30-41(2,19-37(61)62)22(7-10-32(51)52)28(45-30)18-43(4)24(14-35(57)58)21(6-9-31(49)50)26(47-43)16-29(40)46-39;/h17,23,25,39H,6-16,18-20H2,1-5H3,(H9,45,48,49,50,51,52,53,54,55,56,57,58,59,60,61,62,63,64);/q;+2/p-1/t23-,25+,39-,40-,41+,42+,43+,44+;/m1./s1. The van der Waals surface area contributed by atoms with Crippen molar-refractivity contribution in [2.45, 2.75) is 142 Å². The Kier molecular flexibility index (Phi) is 15.2. The van der Waals surface area contributed by atoms with Crippen LogP contribution in [0, 0.1) is 28.1 Å². The van der Waals surface area contributed by atoms with E-state index in [9.17, 15) is 79.2 Å². The van der Waals surface area contributed by atoms with Gasteiger partial charge in [0.05, 0.1) is 42.8 Å². The van der Waals surface area contributed by atoms with Crippen molar-refractivity contribution in [1.82, 2.24) is 0 Å². The van der Waals surface area contributed by atoms with Crippen molar-refractivity contribution in [3.8, 4) is 0 Å². The fraction of sp³-hybridized carbons (Fsp3) is 0.614. The van der Waals surface area contributed by atoms with Gasteiger partial charge in [0.15, 0.2) is 0 Å². The number of hydrogen-bond donors (Lipinski definition) is 8. The minimum atomic E-state index is -1.69. The van der Waals surface area contributed by atoms with Crippen LogP contribution in [-0.4, -0.2) is 123 Å². The van der Waals surface area contributed by atoms with Gasteiger partial charge in [0.25, 0.3) is 0 Å². The van der Waals surface area contributed by atoms with Gasteiger partial charge in [0.2, 0.25) is 0 Å². The molecule has 5 aliphatic rings. The van der Waals surface area contributed by atoms with E-state index in [-0.39, 0.29) is 101 Å². The Morgan fingerprint density at radius 3 is 1.82 bits per heavy atom. The first-order valence-corrected chi connectivity index (χ1v) is 21.0. The largest absolute Gasteiger partial charge is 2.00 e. The molecule has 0 amide bonds. The monoisotopic (exact) mass is 954 g/mol. The summed E-state index contributed by atoms with van der Waals surface area (Å²) in [5.41, 5.74) is -6.18. The van der Waals surface area contributed by atoms with Gasteiger partial charge in [-0.25, -0.2) is 0 Å². The third-order valence-corrected chi connectivity index (χ3v) is 14.5. The molecule has 0 aliphatic carbocycles.